The Morgan fingerprint density at radius 1 is 0.865 bits per heavy atom. The molecule has 1 amide bonds. The van der Waals surface area contributed by atoms with Crippen molar-refractivity contribution in [1.82, 2.24) is 0 Å². The minimum atomic E-state index is -3.72. The van der Waals surface area contributed by atoms with Gasteiger partial charge in [-0.2, -0.15) is 8.42 Å². The smallest absolute Gasteiger partial charge is 0.411 e. The number of rotatable bonds is 9. The summed E-state index contributed by atoms with van der Waals surface area (Å²) in [5.41, 5.74) is 3.76. The van der Waals surface area contributed by atoms with Gasteiger partial charge in [-0.05, 0) is 98.4 Å². The summed E-state index contributed by atoms with van der Waals surface area (Å²) in [4.78, 5) is 12.5. The molecule has 196 valence electrons. The van der Waals surface area contributed by atoms with Crippen LogP contribution in [0.25, 0.3) is 11.1 Å². The van der Waals surface area contributed by atoms with Gasteiger partial charge in [0.1, 0.15) is 0 Å². The lowest BCUT2D eigenvalue weighted by Gasteiger charge is -2.28. The van der Waals surface area contributed by atoms with E-state index in [9.17, 15) is 13.2 Å². The second-order valence-corrected chi connectivity index (χ2v) is 11.6. The van der Waals surface area contributed by atoms with Crippen LogP contribution in [0.5, 0.6) is 0 Å². The lowest BCUT2D eigenvalue weighted by Crippen LogP contribution is -2.23. The van der Waals surface area contributed by atoms with Crippen LogP contribution in [0.15, 0.2) is 77.7 Å². The van der Waals surface area contributed by atoms with E-state index in [4.69, 9.17) is 20.5 Å². The number of hydrogen-bond donors (Lipinski definition) is 1. The van der Waals surface area contributed by atoms with Crippen LogP contribution in [0.3, 0.4) is 0 Å². The van der Waals surface area contributed by atoms with Crippen LogP contribution < -0.4 is 5.32 Å². The predicted octanol–water partition coefficient (Wildman–Crippen LogP) is 7.47. The quantitative estimate of drug-likeness (QED) is 0.284. The molecule has 0 atom stereocenters. The van der Waals surface area contributed by atoms with E-state index < -0.39 is 16.2 Å². The molecule has 0 unspecified atom stereocenters. The minimum absolute atomic E-state index is 0.182. The fourth-order valence-corrected chi connectivity index (χ4v) is 5.57. The zero-order chi connectivity index (χ0) is 26.3. The molecule has 1 fully saturated rings. The van der Waals surface area contributed by atoms with Gasteiger partial charge in [0.2, 0.25) is 0 Å². The van der Waals surface area contributed by atoms with Crippen LogP contribution in [0.4, 0.5) is 10.5 Å². The SMILES string of the molecule is Cc1ccc(S(=O)(=O)OCCC2CCC(COC(=O)Nc3ccc(-c4ccc(Cl)cc4)cc3)CC2)cc1. The number of amides is 1. The molecule has 8 heteroatoms. The molecule has 1 saturated carbocycles. The van der Waals surface area contributed by atoms with Gasteiger partial charge >= 0.3 is 6.09 Å². The van der Waals surface area contributed by atoms with E-state index in [1.807, 2.05) is 55.5 Å². The largest absolute Gasteiger partial charge is 0.449 e. The molecule has 3 aromatic rings. The maximum atomic E-state index is 12.3. The lowest BCUT2D eigenvalue weighted by atomic mass is 9.81. The number of anilines is 1. The van der Waals surface area contributed by atoms with Crippen LogP contribution in [0, 0.1) is 18.8 Å². The van der Waals surface area contributed by atoms with E-state index in [2.05, 4.69) is 5.32 Å². The molecular formula is C29H32ClNO5S. The van der Waals surface area contributed by atoms with Crippen molar-refractivity contribution in [3.05, 3.63) is 83.4 Å². The average molecular weight is 542 g/mol. The third-order valence-electron chi connectivity index (χ3n) is 6.80. The van der Waals surface area contributed by atoms with Gasteiger partial charge in [0.25, 0.3) is 10.1 Å². The Hall–Kier alpha value is -2.87. The number of carbonyl (C=O) groups excluding carboxylic acids is 1. The first-order valence-corrected chi connectivity index (χ1v) is 14.3. The molecule has 3 aromatic carbocycles. The highest BCUT2D eigenvalue weighted by molar-refractivity contribution is 7.86. The molecular weight excluding hydrogens is 510 g/mol. The number of nitrogens with one attached hydrogen (secondary N) is 1. The summed E-state index contributed by atoms with van der Waals surface area (Å²) in [6.07, 6.45) is 4.06. The van der Waals surface area contributed by atoms with Crippen molar-refractivity contribution in [2.45, 2.75) is 43.9 Å². The standard InChI is InChI=1S/C29H32ClNO5S/c1-21-2-16-28(17-3-21)37(33,34)36-19-18-22-4-6-23(7-5-22)20-35-29(32)31-27-14-10-25(11-15-27)24-8-12-26(30)13-9-24/h2-3,8-17,22-23H,4-7,18-20H2,1H3,(H,31,32). The highest BCUT2D eigenvalue weighted by atomic mass is 35.5. The van der Waals surface area contributed by atoms with Crippen LogP contribution >= 0.6 is 11.6 Å². The van der Waals surface area contributed by atoms with Gasteiger partial charge in [-0.3, -0.25) is 9.50 Å². The Morgan fingerprint density at radius 3 is 2.05 bits per heavy atom. The summed E-state index contributed by atoms with van der Waals surface area (Å²) in [7, 11) is -3.72. The zero-order valence-corrected chi connectivity index (χ0v) is 22.4. The van der Waals surface area contributed by atoms with E-state index >= 15 is 0 Å². The molecule has 0 radical (unpaired) electrons. The van der Waals surface area contributed by atoms with Gasteiger partial charge in [-0.1, -0.05) is 53.6 Å². The maximum Gasteiger partial charge on any atom is 0.411 e. The first-order chi connectivity index (χ1) is 17.8. The molecule has 4 rings (SSSR count). The molecule has 1 aliphatic rings. The van der Waals surface area contributed by atoms with E-state index in [-0.39, 0.29) is 11.5 Å². The van der Waals surface area contributed by atoms with Crippen molar-refractivity contribution >= 4 is 33.5 Å². The van der Waals surface area contributed by atoms with Gasteiger partial charge in [0.05, 0.1) is 18.1 Å². The van der Waals surface area contributed by atoms with E-state index in [0.29, 0.717) is 35.6 Å². The lowest BCUT2D eigenvalue weighted by molar-refractivity contribution is 0.117. The van der Waals surface area contributed by atoms with Crippen molar-refractivity contribution in [2.75, 3.05) is 18.5 Å². The summed E-state index contributed by atoms with van der Waals surface area (Å²) in [5.74, 6) is 0.726. The number of benzene rings is 3. The summed E-state index contributed by atoms with van der Waals surface area (Å²) >= 11 is 5.95. The minimum Gasteiger partial charge on any atom is -0.449 e. The average Bonchev–Trinajstić information content (AvgIpc) is 2.89. The Kier molecular flexibility index (Phi) is 9.24. The van der Waals surface area contributed by atoms with Crippen molar-refractivity contribution < 1.29 is 22.1 Å². The third kappa shape index (κ3) is 8.06. The Morgan fingerprint density at radius 2 is 1.43 bits per heavy atom. The summed E-state index contributed by atoms with van der Waals surface area (Å²) < 4.78 is 35.4. The topological polar surface area (TPSA) is 81.7 Å². The number of hydrogen-bond acceptors (Lipinski definition) is 5. The first-order valence-electron chi connectivity index (χ1n) is 12.5. The number of aryl methyl sites for hydroxylation is 1. The number of ether oxygens (including phenoxy) is 1. The highest BCUT2D eigenvalue weighted by Gasteiger charge is 2.23. The molecule has 1 aliphatic carbocycles. The van der Waals surface area contributed by atoms with Crippen molar-refractivity contribution in [3.8, 4) is 11.1 Å². The molecule has 0 bridgehead atoms. The molecule has 6 nitrogen and oxygen atoms in total. The second-order valence-electron chi connectivity index (χ2n) is 9.57. The fourth-order valence-electron chi connectivity index (χ4n) is 4.52. The molecule has 1 N–H and O–H groups in total. The van der Waals surface area contributed by atoms with Crippen LogP contribution in [-0.2, 0) is 19.0 Å². The van der Waals surface area contributed by atoms with Gasteiger partial charge < -0.3 is 4.74 Å². The fraction of sp³-hybridized carbons (Fsp3) is 0.345. The summed E-state index contributed by atoms with van der Waals surface area (Å²) in [5, 5.41) is 3.47. The number of halogens is 1. The molecule has 0 aromatic heterocycles. The Labute approximate surface area is 224 Å². The molecule has 0 aliphatic heterocycles. The molecule has 0 saturated heterocycles. The third-order valence-corrected chi connectivity index (χ3v) is 8.38. The highest BCUT2D eigenvalue weighted by Crippen LogP contribution is 2.31. The molecule has 37 heavy (non-hydrogen) atoms. The van der Waals surface area contributed by atoms with E-state index in [1.54, 1.807) is 24.3 Å². The van der Waals surface area contributed by atoms with Crippen LogP contribution in [0.1, 0.15) is 37.7 Å². The van der Waals surface area contributed by atoms with Gasteiger partial charge in [0, 0.05) is 10.7 Å². The molecule has 0 spiro atoms. The summed E-state index contributed by atoms with van der Waals surface area (Å²) in [6, 6.07) is 21.8. The Bertz CT molecular complexity index is 1270. The maximum absolute atomic E-state index is 12.3. The van der Waals surface area contributed by atoms with Gasteiger partial charge in [-0.15, -0.1) is 0 Å². The van der Waals surface area contributed by atoms with Crippen LogP contribution in [-0.4, -0.2) is 27.7 Å². The summed E-state index contributed by atoms with van der Waals surface area (Å²) in [6.45, 7) is 2.47. The van der Waals surface area contributed by atoms with Crippen molar-refractivity contribution in [2.24, 2.45) is 11.8 Å². The van der Waals surface area contributed by atoms with E-state index in [0.717, 1.165) is 42.4 Å². The zero-order valence-electron chi connectivity index (χ0n) is 20.9. The first kappa shape index (κ1) is 27.2. The molecule has 0 heterocycles. The normalized spacial score (nSPS) is 17.8. The predicted molar refractivity (Wildman–Crippen MR) is 146 cm³/mol. The van der Waals surface area contributed by atoms with Crippen molar-refractivity contribution in [3.63, 3.8) is 0 Å². The van der Waals surface area contributed by atoms with Gasteiger partial charge in [-0.25, -0.2) is 4.79 Å². The second kappa shape index (κ2) is 12.6. The Balaban J connectivity index is 1.13. The van der Waals surface area contributed by atoms with Crippen LogP contribution in [0.2, 0.25) is 5.02 Å². The van der Waals surface area contributed by atoms with Crippen molar-refractivity contribution in [1.29, 1.82) is 0 Å². The van der Waals surface area contributed by atoms with Gasteiger partial charge in [0.15, 0.2) is 0 Å². The number of carbonyl (C=O) groups is 1. The van der Waals surface area contributed by atoms with E-state index in [1.165, 1.54) is 0 Å². The monoisotopic (exact) mass is 541 g/mol.